The van der Waals surface area contributed by atoms with Crippen molar-refractivity contribution in [3.8, 4) is 0 Å². The van der Waals surface area contributed by atoms with Crippen molar-refractivity contribution in [2.75, 3.05) is 5.32 Å². The minimum Gasteiger partial charge on any atom is -0.325 e. The van der Waals surface area contributed by atoms with Crippen LogP contribution in [0.1, 0.15) is 39.2 Å². The van der Waals surface area contributed by atoms with Gasteiger partial charge in [0, 0.05) is 17.0 Å². The Balaban J connectivity index is 1.83. The van der Waals surface area contributed by atoms with E-state index in [9.17, 15) is 27.6 Å². The second-order valence-corrected chi connectivity index (χ2v) is 7.91. The zero-order chi connectivity index (χ0) is 19.5. The number of hydrogen-bond donors (Lipinski definition) is 1. The molecule has 0 aliphatic heterocycles. The van der Waals surface area contributed by atoms with Gasteiger partial charge in [0.15, 0.2) is 17.5 Å². The SMILES string of the molecule is CC1(C)C2CC[C@@]1(C)C(=O)C(C(=O)Nc1ccc(C(F)(F)F)cc1)C2=O. The third kappa shape index (κ3) is 2.56. The first-order valence-electron chi connectivity index (χ1n) is 8.46. The Kier molecular flexibility index (Phi) is 4.05. The van der Waals surface area contributed by atoms with Gasteiger partial charge in [0.1, 0.15) is 0 Å². The highest BCUT2D eigenvalue weighted by molar-refractivity contribution is 6.25. The van der Waals surface area contributed by atoms with Gasteiger partial charge in [-0.25, -0.2) is 0 Å². The van der Waals surface area contributed by atoms with E-state index in [0.717, 1.165) is 24.3 Å². The van der Waals surface area contributed by atoms with Crippen LogP contribution in [0.25, 0.3) is 0 Å². The number of nitrogens with one attached hydrogen (secondary N) is 1. The van der Waals surface area contributed by atoms with E-state index in [2.05, 4.69) is 5.32 Å². The minimum absolute atomic E-state index is 0.117. The lowest BCUT2D eigenvalue weighted by atomic mass is 9.55. The van der Waals surface area contributed by atoms with Gasteiger partial charge in [0.05, 0.1) is 5.56 Å². The number of amides is 1. The molecule has 7 heteroatoms. The molecule has 2 unspecified atom stereocenters. The second kappa shape index (κ2) is 5.66. The summed E-state index contributed by atoms with van der Waals surface area (Å²) in [6, 6.07) is 3.90. The van der Waals surface area contributed by atoms with Crippen LogP contribution in [0.3, 0.4) is 0 Å². The standard InChI is InChI=1S/C19H20F3NO3/c1-17(2)12-8-9-18(17,3)15(25)13(14(12)24)16(26)23-11-6-4-10(5-7-11)19(20,21)22/h4-7,12-13H,8-9H2,1-3H3,(H,23,26)/t12?,13?,18-/m0/s1. The monoisotopic (exact) mass is 367 g/mol. The van der Waals surface area contributed by atoms with Gasteiger partial charge >= 0.3 is 6.18 Å². The first kappa shape index (κ1) is 18.6. The van der Waals surface area contributed by atoms with Gasteiger partial charge in [-0.1, -0.05) is 20.8 Å². The Bertz CT molecular complexity index is 782. The average molecular weight is 367 g/mol. The van der Waals surface area contributed by atoms with Crippen molar-refractivity contribution < 1.29 is 27.6 Å². The Hall–Kier alpha value is -2.18. The molecule has 1 N–H and O–H groups in total. The number of halogens is 3. The summed E-state index contributed by atoms with van der Waals surface area (Å²) in [6.45, 7) is 5.55. The zero-order valence-corrected chi connectivity index (χ0v) is 14.7. The molecule has 2 aliphatic carbocycles. The lowest BCUT2D eigenvalue weighted by Crippen LogP contribution is -2.56. The van der Waals surface area contributed by atoms with Gasteiger partial charge in [-0.2, -0.15) is 13.2 Å². The third-order valence-corrected chi connectivity index (χ3v) is 6.40. The van der Waals surface area contributed by atoms with Crippen molar-refractivity contribution >= 4 is 23.2 Å². The van der Waals surface area contributed by atoms with Crippen molar-refractivity contribution in [2.45, 2.75) is 39.8 Å². The van der Waals surface area contributed by atoms with E-state index < -0.39 is 40.2 Å². The Morgan fingerprint density at radius 1 is 1.12 bits per heavy atom. The predicted molar refractivity (Wildman–Crippen MR) is 88.2 cm³/mol. The molecular formula is C19H20F3NO3. The summed E-state index contributed by atoms with van der Waals surface area (Å²) in [5, 5.41) is 2.42. The van der Waals surface area contributed by atoms with Gasteiger partial charge in [0.2, 0.25) is 5.91 Å². The van der Waals surface area contributed by atoms with Crippen molar-refractivity contribution in [3.63, 3.8) is 0 Å². The van der Waals surface area contributed by atoms with E-state index in [1.165, 1.54) is 0 Å². The Labute approximate surface area is 149 Å². The molecule has 2 bridgehead atoms. The van der Waals surface area contributed by atoms with Crippen LogP contribution in [-0.2, 0) is 20.6 Å². The number of Topliss-reactive ketones (excluding diaryl/α,β-unsaturated/α-hetero) is 2. The fraction of sp³-hybridized carbons (Fsp3) is 0.526. The maximum absolute atomic E-state index is 12.9. The maximum Gasteiger partial charge on any atom is 0.416 e. The maximum atomic E-state index is 12.9. The van der Waals surface area contributed by atoms with Crippen LogP contribution in [-0.4, -0.2) is 17.5 Å². The van der Waals surface area contributed by atoms with E-state index in [-0.39, 0.29) is 17.4 Å². The highest BCUT2D eigenvalue weighted by Gasteiger charge is 2.66. The number of anilines is 1. The number of hydrogen-bond acceptors (Lipinski definition) is 3. The molecule has 2 saturated carbocycles. The molecule has 26 heavy (non-hydrogen) atoms. The molecule has 1 amide bonds. The Morgan fingerprint density at radius 2 is 1.69 bits per heavy atom. The van der Waals surface area contributed by atoms with Crippen LogP contribution in [0, 0.1) is 22.7 Å². The van der Waals surface area contributed by atoms with Crippen LogP contribution in [0.2, 0.25) is 0 Å². The smallest absolute Gasteiger partial charge is 0.325 e. The lowest BCUT2D eigenvalue weighted by molar-refractivity contribution is -0.156. The molecule has 4 nitrogen and oxygen atoms in total. The molecule has 0 aromatic heterocycles. The number of alkyl halides is 3. The van der Waals surface area contributed by atoms with Crippen molar-refractivity contribution in [1.29, 1.82) is 0 Å². The zero-order valence-electron chi connectivity index (χ0n) is 14.7. The van der Waals surface area contributed by atoms with Crippen LogP contribution in [0.15, 0.2) is 24.3 Å². The third-order valence-electron chi connectivity index (χ3n) is 6.40. The first-order valence-corrected chi connectivity index (χ1v) is 8.46. The molecule has 0 radical (unpaired) electrons. The summed E-state index contributed by atoms with van der Waals surface area (Å²) in [5.41, 5.74) is -1.99. The quantitative estimate of drug-likeness (QED) is 0.808. The second-order valence-electron chi connectivity index (χ2n) is 7.91. The number of rotatable bonds is 2. The van der Waals surface area contributed by atoms with Crippen LogP contribution in [0.4, 0.5) is 18.9 Å². The van der Waals surface area contributed by atoms with E-state index in [1.807, 2.05) is 13.8 Å². The molecule has 2 fully saturated rings. The van der Waals surface area contributed by atoms with Gasteiger partial charge in [-0.3, -0.25) is 14.4 Å². The van der Waals surface area contributed by atoms with E-state index in [4.69, 9.17) is 0 Å². The van der Waals surface area contributed by atoms with Crippen molar-refractivity contribution in [2.24, 2.45) is 22.7 Å². The number of carbonyl (C=O) groups excluding carboxylic acids is 3. The van der Waals surface area contributed by atoms with E-state index >= 15 is 0 Å². The van der Waals surface area contributed by atoms with Crippen LogP contribution in [0.5, 0.6) is 0 Å². The van der Waals surface area contributed by atoms with E-state index in [0.29, 0.717) is 12.8 Å². The van der Waals surface area contributed by atoms with Crippen molar-refractivity contribution in [3.05, 3.63) is 29.8 Å². The van der Waals surface area contributed by atoms with Gasteiger partial charge in [0.25, 0.3) is 0 Å². The fourth-order valence-electron chi connectivity index (χ4n) is 4.29. The molecule has 3 rings (SSSR count). The summed E-state index contributed by atoms with van der Waals surface area (Å²) in [6.07, 6.45) is -3.35. The number of benzene rings is 1. The molecule has 3 atom stereocenters. The highest BCUT2D eigenvalue weighted by atomic mass is 19.4. The summed E-state index contributed by atoms with van der Waals surface area (Å²) >= 11 is 0. The fourth-order valence-corrected chi connectivity index (χ4v) is 4.29. The van der Waals surface area contributed by atoms with Gasteiger partial charge in [-0.15, -0.1) is 0 Å². The normalized spacial score (nSPS) is 30.4. The molecule has 1 aromatic carbocycles. The summed E-state index contributed by atoms with van der Waals surface area (Å²) in [5.74, 6) is -3.32. The molecule has 140 valence electrons. The summed E-state index contributed by atoms with van der Waals surface area (Å²) in [7, 11) is 0. The van der Waals surface area contributed by atoms with Gasteiger partial charge in [-0.05, 0) is 42.5 Å². The first-order chi connectivity index (χ1) is 11.9. The molecule has 0 saturated heterocycles. The van der Waals surface area contributed by atoms with Crippen LogP contribution < -0.4 is 5.32 Å². The topological polar surface area (TPSA) is 63.2 Å². The highest BCUT2D eigenvalue weighted by Crippen LogP contribution is 2.61. The van der Waals surface area contributed by atoms with Crippen LogP contribution >= 0.6 is 0 Å². The van der Waals surface area contributed by atoms with Crippen molar-refractivity contribution in [1.82, 2.24) is 0 Å². The molecule has 0 spiro atoms. The summed E-state index contributed by atoms with van der Waals surface area (Å²) < 4.78 is 37.8. The van der Waals surface area contributed by atoms with E-state index in [1.54, 1.807) is 6.92 Å². The largest absolute Gasteiger partial charge is 0.416 e. The summed E-state index contributed by atoms with van der Waals surface area (Å²) in [4.78, 5) is 38.2. The average Bonchev–Trinajstić information content (AvgIpc) is 2.71. The number of carbonyl (C=O) groups is 3. The number of ketones is 2. The molecular weight excluding hydrogens is 347 g/mol. The number of fused-ring (bicyclic) bond motifs is 2. The van der Waals surface area contributed by atoms with Gasteiger partial charge < -0.3 is 5.32 Å². The minimum atomic E-state index is -4.47. The predicted octanol–water partition coefficient (Wildman–Crippen LogP) is 3.85. The Morgan fingerprint density at radius 3 is 2.23 bits per heavy atom. The molecule has 0 heterocycles. The molecule has 2 aliphatic rings. The lowest BCUT2D eigenvalue weighted by Gasteiger charge is -2.46. The molecule has 1 aromatic rings.